The van der Waals surface area contributed by atoms with Crippen LogP contribution in [0, 0.1) is 0 Å². The molecule has 0 saturated heterocycles. The monoisotopic (exact) mass is 296 g/mol. The van der Waals surface area contributed by atoms with Crippen LogP contribution in [0.2, 0.25) is 0 Å². The van der Waals surface area contributed by atoms with Crippen LogP contribution in [-0.4, -0.2) is 16.0 Å². The number of nitrogen functional groups attached to an aromatic ring is 1. The maximum atomic E-state index is 12.7. The van der Waals surface area contributed by atoms with E-state index in [1.165, 1.54) is 0 Å². The molecule has 1 heterocycles. The Bertz CT molecular complexity index is 599. The third-order valence-corrected chi connectivity index (χ3v) is 2.81. The zero-order valence-corrected chi connectivity index (χ0v) is 11.4. The van der Waals surface area contributed by atoms with Gasteiger partial charge < -0.3 is 11.1 Å². The Morgan fingerprint density at radius 2 is 1.86 bits per heavy atom. The molecule has 0 fully saturated rings. The summed E-state index contributed by atoms with van der Waals surface area (Å²) in [6.07, 6.45) is -3.89. The van der Waals surface area contributed by atoms with Gasteiger partial charge in [-0.1, -0.05) is 30.3 Å². The molecule has 112 valence electrons. The molecule has 3 N–H and O–H groups in total. The molecule has 1 atom stereocenters. The molecule has 1 unspecified atom stereocenters. The first-order chi connectivity index (χ1) is 9.84. The van der Waals surface area contributed by atoms with Gasteiger partial charge in [0, 0.05) is 12.1 Å². The fraction of sp³-hybridized carbons (Fsp3) is 0.286. The van der Waals surface area contributed by atoms with Gasteiger partial charge in [0.25, 0.3) is 0 Å². The lowest BCUT2D eigenvalue weighted by atomic mass is 10.1. The van der Waals surface area contributed by atoms with Gasteiger partial charge in [-0.3, -0.25) is 0 Å². The molecule has 2 aromatic rings. The van der Waals surface area contributed by atoms with E-state index in [1.54, 1.807) is 0 Å². The molecule has 4 nitrogen and oxygen atoms in total. The molecule has 0 spiro atoms. The smallest absolute Gasteiger partial charge is 0.368 e. The van der Waals surface area contributed by atoms with Crippen LogP contribution in [0.15, 0.2) is 36.4 Å². The highest BCUT2D eigenvalue weighted by molar-refractivity contribution is 5.42. The van der Waals surface area contributed by atoms with Crippen LogP contribution in [0.1, 0.15) is 18.2 Å². The molecule has 0 radical (unpaired) electrons. The zero-order valence-electron chi connectivity index (χ0n) is 11.4. The minimum absolute atomic E-state index is 0.0678. The van der Waals surface area contributed by atoms with Crippen LogP contribution in [0.5, 0.6) is 0 Å². The number of anilines is 2. The van der Waals surface area contributed by atoms with E-state index >= 15 is 0 Å². The van der Waals surface area contributed by atoms with Gasteiger partial charge in [-0.2, -0.15) is 18.2 Å². The third kappa shape index (κ3) is 4.34. The molecule has 0 bridgehead atoms. The predicted octanol–water partition coefficient (Wildman–Crippen LogP) is 3.12. The molecule has 1 aromatic carbocycles. The summed E-state index contributed by atoms with van der Waals surface area (Å²) in [6.45, 7) is 1.86. The molecular weight excluding hydrogens is 281 g/mol. The third-order valence-electron chi connectivity index (χ3n) is 2.81. The largest absolute Gasteiger partial charge is 0.433 e. The molecule has 0 aliphatic carbocycles. The van der Waals surface area contributed by atoms with Crippen molar-refractivity contribution in [2.24, 2.45) is 0 Å². The Hall–Kier alpha value is -2.31. The molecule has 2 rings (SSSR count). The summed E-state index contributed by atoms with van der Waals surface area (Å²) in [5.41, 5.74) is 5.35. The van der Waals surface area contributed by atoms with E-state index in [4.69, 9.17) is 5.73 Å². The number of nitrogens with two attached hydrogens (primary N) is 1. The molecule has 0 aliphatic heterocycles. The molecule has 0 saturated carbocycles. The topological polar surface area (TPSA) is 63.8 Å². The number of aromatic nitrogens is 2. The van der Waals surface area contributed by atoms with Crippen molar-refractivity contribution < 1.29 is 13.2 Å². The summed E-state index contributed by atoms with van der Waals surface area (Å²) in [6, 6.07) is 10.4. The Kier molecular flexibility index (Phi) is 4.30. The number of nitrogens with zero attached hydrogens (tertiary/aromatic N) is 2. The second-order valence-corrected chi connectivity index (χ2v) is 4.73. The number of alkyl halides is 3. The summed E-state index contributed by atoms with van der Waals surface area (Å²) in [4.78, 5) is 6.98. The van der Waals surface area contributed by atoms with Crippen molar-refractivity contribution in [3.05, 3.63) is 47.7 Å². The second-order valence-electron chi connectivity index (χ2n) is 4.73. The van der Waals surface area contributed by atoms with Crippen molar-refractivity contribution in [1.29, 1.82) is 0 Å². The van der Waals surface area contributed by atoms with E-state index in [-0.39, 0.29) is 11.9 Å². The van der Waals surface area contributed by atoms with Gasteiger partial charge >= 0.3 is 6.18 Å². The van der Waals surface area contributed by atoms with Gasteiger partial charge in [0.05, 0.1) is 0 Å². The molecule has 0 amide bonds. The molecule has 0 aliphatic rings. The van der Waals surface area contributed by atoms with E-state index in [9.17, 15) is 13.2 Å². The molecular formula is C14H15F3N4. The van der Waals surface area contributed by atoms with Gasteiger partial charge in [0.15, 0.2) is 5.69 Å². The first kappa shape index (κ1) is 15.1. The summed E-state index contributed by atoms with van der Waals surface area (Å²) in [5, 5.41) is 2.91. The fourth-order valence-electron chi connectivity index (χ4n) is 1.96. The van der Waals surface area contributed by atoms with Crippen molar-refractivity contribution in [2.45, 2.75) is 25.6 Å². The van der Waals surface area contributed by atoms with Gasteiger partial charge in [-0.25, -0.2) is 4.98 Å². The van der Waals surface area contributed by atoms with Crippen molar-refractivity contribution >= 4 is 11.8 Å². The summed E-state index contributed by atoms with van der Waals surface area (Å²) in [5.74, 6) is -0.336. The van der Waals surface area contributed by atoms with E-state index in [1.807, 2.05) is 37.3 Å². The van der Waals surface area contributed by atoms with Crippen LogP contribution in [0.3, 0.4) is 0 Å². The summed E-state index contributed by atoms with van der Waals surface area (Å²) in [7, 11) is 0. The Labute approximate surface area is 120 Å². The quantitative estimate of drug-likeness (QED) is 0.910. The highest BCUT2D eigenvalue weighted by atomic mass is 19.4. The van der Waals surface area contributed by atoms with Crippen LogP contribution in [0.25, 0.3) is 0 Å². The zero-order chi connectivity index (χ0) is 15.5. The average molecular weight is 296 g/mol. The number of hydrogen-bond acceptors (Lipinski definition) is 4. The number of rotatable bonds is 4. The van der Waals surface area contributed by atoms with Crippen LogP contribution in [-0.2, 0) is 12.6 Å². The number of halogens is 3. The van der Waals surface area contributed by atoms with Crippen molar-refractivity contribution in [2.75, 3.05) is 11.1 Å². The average Bonchev–Trinajstić information content (AvgIpc) is 2.37. The maximum absolute atomic E-state index is 12.7. The number of nitrogens with one attached hydrogen (secondary N) is 1. The van der Waals surface area contributed by atoms with Gasteiger partial charge in [-0.05, 0) is 18.9 Å². The van der Waals surface area contributed by atoms with E-state index < -0.39 is 17.8 Å². The van der Waals surface area contributed by atoms with E-state index in [0.29, 0.717) is 6.42 Å². The number of hydrogen-bond donors (Lipinski definition) is 2. The minimum atomic E-state index is -4.55. The van der Waals surface area contributed by atoms with Gasteiger partial charge in [0.2, 0.25) is 5.95 Å². The summed E-state index contributed by atoms with van der Waals surface area (Å²) < 4.78 is 38.0. The van der Waals surface area contributed by atoms with Crippen LogP contribution >= 0.6 is 0 Å². The summed E-state index contributed by atoms with van der Waals surface area (Å²) >= 11 is 0. The highest BCUT2D eigenvalue weighted by Crippen LogP contribution is 2.29. The molecule has 1 aromatic heterocycles. The highest BCUT2D eigenvalue weighted by Gasteiger charge is 2.33. The van der Waals surface area contributed by atoms with Crippen LogP contribution in [0.4, 0.5) is 24.9 Å². The van der Waals surface area contributed by atoms with Crippen LogP contribution < -0.4 is 11.1 Å². The van der Waals surface area contributed by atoms with Crippen molar-refractivity contribution in [3.8, 4) is 0 Å². The molecule has 21 heavy (non-hydrogen) atoms. The lowest BCUT2D eigenvalue weighted by Gasteiger charge is -2.16. The number of benzene rings is 1. The Balaban J connectivity index is 2.10. The second kappa shape index (κ2) is 5.99. The molecule has 7 heteroatoms. The lowest BCUT2D eigenvalue weighted by molar-refractivity contribution is -0.141. The SMILES string of the molecule is CC(Cc1ccccc1)Nc1cc(C(F)(F)F)nc(N)n1. The lowest BCUT2D eigenvalue weighted by Crippen LogP contribution is -2.20. The predicted molar refractivity (Wildman–Crippen MR) is 74.7 cm³/mol. The van der Waals surface area contributed by atoms with Gasteiger partial charge in [0.1, 0.15) is 5.82 Å². The maximum Gasteiger partial charge on any atom is 0.433 e. The normalized spacial score (nSPS) is 13.0. The van der Waals surface area contributed by atoms with E-state index in [2.05, 4.69) is 15.3 Å². The Morgan fingerprint density at radius 1 is 1.19 bits per heavy atom. The van der Waals surface area contributed by atoms with Crippen molar-refractivity contribution in [3.63, 3.8) is 0 Å². The minimum Gasteiger partial charge on any atom is -0.368 e. The first-order valence-corrected chi connectivity index (χ1v) is 6.37. The first-order valence-electron chi connectivity index (χ1n) is 6.37. The van der Waals surface area contributed by atoms with E-state index in [0.717, 1.165) is 11.6 Å². The van der Waals surface area contributed by atoms with Crippen molar-refractivity contribution in [1.82, 2.24) is 9.97 Å². The standard InChI is InChI=1S/C14H15F3N4/c1-9(7-10-5-3-2-4-6-10)19-12-8-11(14(15,16)17)20-13(18)21-12/h2-6,8-9H,7H2,1H3,(H3,18,19,20,21). The van der Waals surface area contributed by atoms with Gasteiger partial charge in [-0.15, -0.1) is 0 Å². The fourth-order valence-corrected chi connectivity index (χ4v) is 1.96. The Morgan fingerprint density at radius 3 is 2.48 bits per heavy atom.